The maximum absolute atomic E-state index is 13.1. The van der Waals surface area contributed by atoms with Crippen molar-refractivity contribution in [1.82, 2.24) is 9.80 Å². The van der Waals surface area contributed by atoms with Gasteiger partial charge in [-0.2, -0.15) is 0 Å². The number of amides is 4. The summed E-state index contributed by atoms with van der Waals surface area (Å²) in [5.74, 6) is -1.87. The molecule has 0 fully saturated rings. The van der Waals surface area contributed by atoms with Gasteiger partial charge in [0.05, 0.1) is 49.2 Å². The van der Waals surface area contributed by atoms with Gasteiger partial charge < -0.3 is 18.9 Å². The minimum absolute atomic E-state index is 0.00830. The monoisotopic (exact) mass is 662 g/mol. The minimum atomic E-state index is -1.15. The predicted molar refractivity (Wildman–Crippen MR) is 174 cm³/mol. The lowest BCUT2D eigenvalue weighted by Crippen LogP contribution is -2.44. The highest BCUT2D eigenvalue weighted by atomic mass is 16.5. The molecule has 2 aliphatic heterocycles. The fraction of sp³-hybridized carbons (Fsp3) is 0.714. The first-order valence-electron chi connectivity index (χ1n) is 16.2. The third-order valence-corrected chi connectivity index (χ3v) is 8.36. The number of imide groups is 2. The van der Waals surface area contributed by atoms with Crippen LogP contribution in [-0.2, 0) is 47.7 Å². The Kier molecular flexibility index (Phi) is 13.6. The van der Waals surface area contributed by atoms with Gasteiger partial charge in [-0.1, -0.05) is 0 Å². The minimum Gasteiger partial charge on any atom is -0.373 e. The molecule has 264 valence electrons. The topological polar surface area (TPSA) is 146 Å². The number of nitrogens with zero attached hydrogens (tertiary/aromatic N) is 2. The maximum atomic E-state index is 13.1. The molecule has 0 N–H and O–H groups in total. The molecule has 0 saturated heterocycles. The van der Waals surface area contributed by atoms with Crippen molar-refractivity contribution < 1.29 is 47.7 Å². The molecule has 0 saturated carbocycles. The largest absolute Gasteiger partial charge is 0.373 e. The van der Waals surface area contributed by atoms with Crippen molar-refractivity contribution in [2.45, 2.75) is 142 Å². The summed E-state index contributed by atoms with van der Waals surface area (Å²) in [4.78, 5) is 76.2. The summed E-state index contributed by atoms with van der Waals surface area (Å²) in [5.41, 5.74) is -3.57. The number of Topliss-reactive ketones (excluding diaryl/α,β-unsaturated/α-hetero) is 2. The molecule has 47 heavy (non-hydrogen) atoms. The van der Waals surface area contributed by atoms with Gasteiger partial charge in [0, 0.05) is 43.6 Å². The maximum Gasteiger partial charge on any atom is 0.253 e. The summed E-state index contributed by atoms with van der Waals surface area (Å²) in [7, 11) is 0. The smallest absolute Gasteiger partial charge is 0.253 e. The average molecular weight is 663 g/mol. The summed E-state index contributed by atoms with van der Waals surface area (Å²) in [6.45, 7) is 20.1. The standard InChI is InChI=1S/C35H54N2O10/c1-23(36-28(40)14-15-29(36)41)21-45-32(4,5)18-19-44-34(8,9)26(38)12-13-27(39)35(10,11)47-25(3)20-33(6,7)46-22-24(2)37-30(42)16-17-31(37)43/h14-17,23-25H,12-13,18-22H2,1-11H3. The molecular weight excluding hydrogens is 608 g/mol. The van der Waals surface area contributed by atoms with Gasteiger partial charge in [0.15, 0.2) is 11.6 Å². The van der Waals surface area contributed by atoms with E-state index in [9.17, 15) is 28.8 Å². The number of carbonyl (C=O) groups is 6. The van der Waals surface area contributed by atoms with Gasteiger partial charge in [0.1, 0.15) is 11.2 Å². The van der Waals surface area contributed by atoms with E-state index in [-0.39, 0.29) is 74.0 Å². The Labute approximate surface area is 279 Å². The van der Waals surface area contributed by atoms with Gasteiger partial charge >= 0.3 is 0 Å². The van der Waals surface area contributed by atoms with E-state index in [0.29, 0.717) is 12.8 Å². The van der Waals surface area contributed by atoms with E-state index in [2.05, 4.69) is 0 Å². The Morgan fingerprint density at radius 2 is 1.00 bits per heavy atom. The van der Waals surface area contributed by atoms with Gasteiger partial charge in [-0.15, -0.1) is 0 Å². The summed E-state index contributed by atoms with van der Waals surface area (Å²) in [6, 6.07) is -0.860. The fourth-order valence-corrected chi connectivity index (χ4v) is 5.43. The molecule has 3 atom stereocenters. The Morgan fingerprint density at radius 1 is 0.617 bits per heavy atom. The van der Waals surface area contributed by atoms with Crippen LogP contribution < -0.4 is 0 Å². The van der Waals surface area contributed by atoms with Gasteiger partial charge in [-0.3, -0.25) is 38.6 Å². The van der Waals surface area contributed by atoms with Crippen molar-refractivity contribution in [1.29, 1.82) is 0 Å². The number of ether oxygens (including phenoxy) is 4. The summed E-state index contributed by atoms with van der Waals surface area (Å²) in [6.07, 6.45) is 5.48. The first-order chi connectivity index (χ1) is 21.5. The summed E-state index contributed by atoms with van der Waals surface area (Å²) in [5, 5.41) is 0. The Hall–Kier alpha value is -3.06. The molecule has 3 unspecified atom stereocenters. The van der Waals surface area contributed by atoms with E-state index in [1.54, 1.807) is 41.5 Å². The van der Waals surface area contributed by atoms with Crippen LogP contribution in [0, 0.1) is 0 Å². The molecule has 0 spiro atoms. The van der Waals surface area contributed by atoms with E-state index in [4.69, 9.17) is 18.9 Å². The molecule has 0 bridgehead atoms. The highest BCUT2D eigenvalue weighted by Gasteiger charge is 2.36. The molecule has 2 heterocycles. The second-order valence-corrected chi connectivity index (χ2v) is 14.7. The third-order valence-electron chi connectivity index (χ3n) is 8.36. The number of hydrogen-bond acceptors (Lipinski definition) is 10. The molecule has 0 aliphatic carbocycles. The van der Waals surface area contributed by atoms with Crippen LogP contribution in [0.3, 0.4) is 0 Å². The van der Waals surface area contributed by atoms with E-state index < -0.39 is 34.5 Å². The first kappa shape index (κ1) is 40.1. The molecular formula is C35H54N2O10. The van der Waals surface area contributed by atoms with Crippen LogP contribution in [0.15, 0.2) is 24.3 Å². The SMILES string of the molecule is CC(CC(C)(C)OCC(C)N1C(=O)C=CC1=O)OC(C)(C)C(=O)CCC(=O)C(C)(C)OCCC(C)(C)OCC(C)N1C(=O)C=CC1=O. The van der Waals surface area contributed by atoms with Crippen LogP contribution in [0.25, 0.3) is 0 Å². The lowest BCUT2D eigenvalue weighted by Gasteiger charge is -2.34. The number of carbonyl (C=O) groups excluding carboxylic acids is 6. The summed E-state index contributed by atoms with van der Waals surface area (Å²) < 4.78 is 24.1. The van der Waals surface area contributed by atoms with Crippen LogP contribution in [0.1, 0.15) is 102 Å². The van der Waals surface area contributed by atoms with E-state index >= 15 is 0 Å². The Morgan fingerprint density at radius 3 is 1.43 bits per heavy atom. The Balaban J connectivity index is 1.76. The zero-order valence-electron chi connectivity index (χ0n) is 30.0. The van der Waals surface area contributed by atoms with Crippen LogP contribution >= 0.6 is 0 Å². The second-order valence-electron chi connectivity index (χ2n) is 14.7. The highest BCUT2D eigenvalue weighted by molar-refractivity contribution is 6.13. The molecule has 4 amide bonds. The summed E-state index contributed by atoms with van der Waals surface area (Å²) >= 11 is 0. The zero-order valence-corrected chi connectivity index (χ0v) is 30.0. The van der Waals surface area contributed by atoms with Crippen LogP contribution in [0.4, 0.5) is 0 Å². The molecule has 0 aromatic rings. The van der Waals surface area contributed by atoms with Crippen molar-refractivity contribution >= 4 is 35.2 Å². The molecule has 12 heteroatoms. The lowest BCUT2D eigenvalue weighted by molar-refractivity contribution is -0.156. The van der Waals surface area contributed by atoms with Crippen molar-refractivity contribution in [2.75, 3.05) is 19.8 Å². The lowest BCUT2D eigenvalue weighted by atomic mass is 9.92. The van der Waals surface area contributed by atoms with Crippen molar-refractivity contribution in [3.05, 3.63) is 24.3 Å². The van der Waals surface area contributed by atoms with Gasteiger partial charge in [0.2, 0.25) is 0 Å². The molecule has 2 aliphatic rings. The highest BCUT2D eigenvalue weighted by Crippen LogP contribution is 2.26. The van der Waals surface area contributed by atoms with Crippen molar-refractivity contribution in [3.63, 3.8) is 0 Å². The molecule has 2 rings (SSSR count). The molecule has 0 aromatic heterocycles. The first-order valence-corrected chi connectivity index (χ1v) is 16.2. The van der Waals surface area contributed by atoms with Crippen molar-refractivity contribution in [3.8, 4) is 0 Å². The predicted octanol–water partition coefficient (Wildman–Crippen LogP) is 3.88. The van der Waals surface area contributed by atoms with Crippen LogP contribution in [-0.4, -0.2) is 105 Å². The third kappa shape index (κ3) is 11.8. The van der Waals surface area contributed by atoms with Gasteiger partial charge in [-0.25, -0.2) is 0 Å². The number of hydrogen-bond donors (Lipinski definition) is 0. The van der Waals surface area contributed by atoms with Crippen molar-refractivity contribution in [2.24, 2.45) is 0 Å². The fourth-order valence-electron chi connectivity index (χ4n) is 5.43. The van der Waals surface area contributed by atoms with Crippen LogP contribution in [0.5, 0.6) is 0 Å². The number of ketones is 2. The normalized spacial score (nSPS) is 18.0. The Bertz CT molecular complexity index is 1230. The van der Waals surface area contributed by atoms with E-state index in [0.717, 1.165) is 9.80 Å². The van der Waals surface area contributed by atoms with Gasteiger partial charge in [-0.05, 0) is 82.6 Å². The molecule has 0 aromatic carbocycles. The molecule has 12 nitrogen and oxygen atoms in total. The van der Waals surface area contributed by atoms with Crippen LogP contribution in [0.2, 0.25) is 0 Å². The van der Waals surface area contributed by atoms with Gasteiger partial charge in [0.25, 0.3) is 23.6 Å². The quantitative estimate of drug-likeness (QED) is 0.166. The number of rotatable bonds is 21. The van der Waals surface area contributed by atoms with E-state index in [1.165, 1.54) is 24.3 Å². The van der Waals surface area contributed by atoms with E-state index in [1.807, 2.05) is 34.6 Å². The second kappa shape index (κ2) is 15.9. The molecule has 0 radical (unpaired) electrons. The average Bonchev–Trinajstić information content (AvgIpc) is 3.46. The zero-order chi connectivity index (χ0) is 36.0.